The molecule has 0 spiro atoms. The number of amides is 1. The van der Waals surface area contributed by atoms with Crippen LogP contribution in [-0.4, -0.2) is 20.4 Å². The van der Waals surface area contributed by atoms with Crippen LogP contribution in [0.15, 0.2) is 41.2 Å². The molecular weight excluding hydrogens is 348 g/mol. The minimum Gasteiger partial charge on any atom is -0.356 e. The van der Waals surface area contributed by atoms with Gasteiger partial charge in [0.05, 0.1) is 5.69 Å². The van der Waals surface area contributed by atoms with Crippen LogP contribution in [0.25, 0.3) is 22.1 Å². The third-order valence-corrected chi connectivity index (χ3v) is 5.17. The quantitative estimate of drug-likeness (QED) is 0.578. The molecule has 3 aromatic heterocycles. The van der Waals surface area contributed by atoms with Crippen LogP contribution < -0.4 is 5.32 Å². The number of hydrogen-bond donors (Lipinski definition) is 1. The molecule has 1 amide bonds. The van der Waals surface area contributed by atoms with Crippen LogP contribution in [0, 0.1) is 20.8 Å². The van der Waals surface area contributed by atoms with E-state index in [2.05, 4.69) is 25.9 Å². The molecule has 0 saturated carbocycles. The third-order valence-electron chi connectivity index (χ3n) is 4.27. The molecule has 0 atom stereocenters. The van der Waals surface area contributed by atoms with E-state index in [0.717, 1.165) is 38.9 Å². The molecule has 4 rings (SSSR count). The van der Waals surface area contributed by atoms with Gasteiger partial charge >= 0.3 is 0 Å². The Labute approximate surface area is 154 Å². The van der Waals surface area contributed by atoms with Crippen molar-refractivity contribution in [1.29, 1.82) is 0 Å². The number of fused-ring (bicyclic) bond motifs is 1. The van der Waals surface area contributed by atoms with Gasteiger partial charge in [-0.05, 0) is 73.3 Å². The van der Waals surface area contributed by atoms with Crippen LogP contribution in [0.5, 0.6) is 0 Å². The summed E-state index contributed by atoms with van der Waals surface area (Å²) in [6.45, 7) is 5.83. The van der Waals surface area contributed by atoms with Crippen LogP contribution in [0.4, 0.5) is 5.82 Å². The van der Waals surface area contributed by atoms with Crippen LogP contribution in [0.2, 0.25) is 0 Å². The number of nitrogens with one attached hydrogen (secondary N) is 1. The molecule has 0 aliphatic rings. The predicted octanol–water partition coefficient (Wildman–Crippen LogP) is 4.52. The molecule has 130 valence electrons. The van der Waals surface area contributed by atoms with Gasteiger partial charge in [0.1, 0.15) is 10.7 Å². The Bertz CT molecular complexity index is 1110. The highest BCUT2D eigenvalue weighted by Crippen LogP contribution is 2.30. The van der Waals surface area contributed by atoms with Gasteiger partial charge in [0.15, 0.2) is 5.58 Å². The number of benzene rings is 1. The lowest BCUT2D eigenvalue weighted by molar-refractivity contribution is 0.102. The van der Waals surface area contributed by atoms with Crippen molar-refractivity contribution < 1.29 is 9.32 Å². The second-order valence-electron chi connectivity index (χ2n) is 6.16. The van der Waals surface area contributed by atoms with E-state index in [9.17, 15) is 4.79 Å². The van der Waals surface area contributed by atoms with E-state index < -0.39 is 0 Å². The number of aryl methyl sites for hydroxylation is 3. The van der Waals surface area contributed by atoms with Crippen LogP contribution >= 0.6 is 11.5 Å². The summed E-state index contributed by atoms with van der Waals surface area (Å²) in [5, 5.41) is 7.83. The Morgan fingerprint density at radius 2 is 1.96 bits per heavy atom. The van der Waals surface area contributed by atoms with Crippen molar-refractivity contribution in [1.82, 2.24) is 14.5 Å². The molecule has 0 fully saturated rings. The molecule has 0 saturated heterocycles. The summed E-state index contributed by atoms with van der Waals surface area (Å²) in [4.78, 5) is 17.2. The first-order valence-corrected chi connectivity index (χ1v) is 8.86. The average molecular weight is 364 g/mol. The highest BCUT2D eigenvalue weighted by Gasteiger charge is 2.13. The summed E-state index contributed by atoms with van der Waals surface area (Å²) in [5.74, 6) is 0.306. The van der Waals surface area contributed by atoms with Gasteiger partial charge in [-0.3, -0.25) is 4.79 Å². The van der Waals surface area contributed by atoms with E-state index in [0.29, 0.717) is 10.7 Å². The fourth-order valence-corrected chi connectivity index (χ4v) is 3.48. The molecule has 0 radical (unpaired) electrons. The number of aromatic nitrogens is 3. The average Bonchev–Trinajstić information content (AvgIpc) is 3.21. The Kier molecular flexibility index (Phi) is 4.00. The van der Waals surface area contributed by atoms with Crippen molar-refractivity contribution in [3.8, 4) is 11.1 Å². The number of anilines is 1. The fraction of sp³-hybridized carbons (Fsp3) is 0.158. The van der Waals surface area contributed by atoms with Gasteiger partial charge in [-0.25, -0.2) is 9.36 Å². The summed E-state index contributed by atoms with van der Waals surface area (Å²) in [6.07, 6.45) is 3.42. The molecule has 26 heavy (non-hydrogen) atoms. The van der Waals surface area contributed by atoms with Crippen LogP contribution in [0.1, 0.15) is 26.5 Å². The van der Waals surface area contributed by atoms with Crippen molar-refractivity contribution in [3.05, 3.63) is 58.4 Å². The molecule has 0 aliphatic carbocycles. The number of carbonyl (C=O) groups excluding carboxylic acids is 1. The van der Waals surface area contributed by atoms with Crippen molar-refractivity contribution >= 4 is 34.2 Å². The second kappa shape index (κ2) is 6.34. The summed E-state index contributed by atoms with van der Waals surface area (Å²) < 4.78 is 9.38. The number of nitrogens with zero attached hydrogens (tertiary/aromatic N) is 3. The van der Waals surface area contributed by atoms with Crippen molar-refractivity contribution in [2.75, 3.05) is 5.32 Å². The van der Waals surface area contributed by atoms with E-state index >= 15 is 0 Å². The maximum atomic E-state index is 12.3. The molecule has 4 aromatic rings. The minimum atomic E-state index is -0.194. The van der Waals surface area contributed by atoms with E-state index in [-0.39, 0.29) is 5.91 Å². The molecule has 0 unspecified atom stereocenters. The van der Waals surface area contributed by atoms with E-state index in [1.165, 1.54) is 11.5 Å². The molecule has 7 heteroatoms. The topological polar surface area (TPSA) is 80.9 Å². The van der Waals surface area contributed by atoms with Crippen molar-refractivity contribution in [2.45, 2.75) is 20.8 Å². The highest BCUT2D eigenvalue weighted by molar-refractivity contribution is 7.08. The monoisotopic (exact) mass is 364 g/mol. The summed E-state index contributed by atoms with van der Waals surface area (Å²) in [6, 6.07) is 7.76. The lowest BCUT2D eigenvalue weighted by Gasteiger charge is -2.08. The van der Waals surface area contributed by atoms with E-state index in [4.69, 9.17) is 4.52 Å². The smallest absolute Gasteiger partial charge is 0.268 e. The molecule has 1 aromatic carbocycles. The van der Waals surface area contributed by atoms with Crippen LogP contribution in [-0.2, 0) is 0 Å². The van der Waals surface area contributed by atoms with Gasteiger partial charge in [-0.2, -0.15) is 0 Å². The summed E-state index contributed by atoms with van der Waals surface area (Å²) in [5.41, 5.74) is 5.58. The van der Waals surface area contributed by atoms with Gasteiger partial charge in [0, 0.05) is 23.3 Å². The number of hydrogen-bond acceptors (Lipinski definition) is 6. The molecule has 1 N–H and O–H groups in total. The second-order valence-corrected chi connectivity index (χ2v) is 6.96. The SMILES string of the molecule is Cc1cc2c(C)noc2cc1-c1ccc(NC(=O)c2sncc2C)nc1. The first-order valence-electron chi connectivity index (χ1n) is 8.08. The lowest BCUT2D eigenvalue weighted by atomic mass is 10.00. The molecular formula is C19H16N4O2S. The molecule has 0 bridgehead atoms. The predicted molar refractivity (Wildman–Crippen MR) is 102 cm³/mol. The minimum absolute atomic E-state index is 0.194. The maximum Gasteiger partial charge on any atom is 0.268 e. The number of carbonyl (C=O) groups is 1. The summed E-state index contributed by atoms with van der Waals surface area (Å²) in [7, 11) is 0. The normalized spacial score (nSPS) is 11.0. The van der Waals surface area contributed by atoms with Gasteiger partial charge in [0.25, 0.3) is 5.91 Å². The van der Waals surface area contributed by atoms with E-state index in [1.807, 2.05) is 32.9 Å². The first kappa shape index (κ1) is 16.4. The molecule has 3 heterocycles. The first-order chi connectivity index (χ1) is 12.5. The van der Waals surface area contributed by atoms with Crippen LogP contribution in [0.3, 0.4) is 0 Å². The fourth-order valence-electron chi connectivity index (χ4n) is 2.83. The standard InChI is InChI=1S/C19H16N4O2S/c1-10-6-15-12(3)23-25-16(15)7-14(10)13-4-5-17(20-9-13)22-19(24)18-11(2)8-21-26-18/h4-9H,1-3H3,(H,20,22,24). The zero-order valence-corrected chi connectivity index (χ0v) is 15.3. The maximum absolute atomic E-state index is 12.3. The molecule has 6 nitrogen and oxygen atoms in total. The van der Waals surface area contributed by atoms with Gasteiger partial charge in [-0.15, -0.1) is 0 Å². The van der Waals surface area contributed by atoms with Gasteiger partial charge in [-0.1, -0.05) is 5.16 Å². The van der Waals surface area contributed by atoms with Crippen molar-refractivity contribution in [3.63, 3.8) is 0 Å². The molecule has 0 aliphatic heterocycles. The largest absolute Gasteiger partial charge is 0.356 e. The zero-order chi connectivity index (χ0) is 18.3. The Morgan fingerprint density at radius 3 is 2.65 bits per heavy atom. The Balaban J connectivity index is 1.61. The summed E-state index contributed by atoms with van der Waals surface area (Å²) >= 11 is 1.18. The van der Waals surface area contributed by atoms with Gasteiger partial charge in [0.2, 0.25) is 0 Å². The zero-order valence-electron chi connectivity index (χ0n) is 14.5. The van der Waals surface area contributed by atoms with E-state index in [1.54, 1.807) is 18.5 Å². The van der Waals surface area contributed by atoms with Gasteiger partial charge < -0.3 is 9.84 Å². The van der Waals surface area contributed by atoms with Crippen molar-refractivity contribution in [2.24, 2.45) is 0 Å². The third kappa shape index (κ3) is 2.86. The Morgan fingerprint density at radius 1 is 1.12 bits per heavy atom. The number of pyridine rings is 1. The highest BCUT2D eigenvalue weighted by atomic mass is 32.1. The number of rotatable bonds is 3. The lowest BCUT2D eigenvalue weighted by Crippen LogP contribution is -2.12. The Hall–Kier alpha value is -3.06.